The summed E-state index contributed by atoms with van der Waals surface area (Å²) in [5.41, 5.74) is 0.329. The van der Waals surface area contributed by atoms with Crippen molar-refractivity contribution in [1.29, 1.82) is 0 Å². The maximum Gasteiger partial charge on any atom is 0.310 e. The Labute approximate surface area is 116 Å². The Hall–Kier alpha value is -1.36. The lowest BCUT2D eigenvalue weighted by atomic mass is 9.94. The van der Waals surface area contributed by atoms with Gasteiger partial charge in [-0.25, -0.2) is 0 Å². The zero-order valence-electron chi connectivity index (χ0n) is 11.4. The number of hydrogen-bond donors (Lipinski definition) is 2. The van der Waals surface area contributed by atoms with E-state index >= 15 is 0 Å². The smallest absolute Gasteiger partial charge is 0.310 e. The molecule has 4 nitrogen and oxygen atoms in total. The molecule has 2 atom stereocenters. The van der Waals surface area contributed by atoms with Crippen molar-refractivity contribution in [3.63, 3.8) is 0 Å². The maximum absolute atomic E-state index is 12.0. The molecule has 0 aromatic carbocycles. The third kappa shape index (κ3) is 2.97. The van der Waals surface area contributed by atoms with Gasteiger partial charge in [0.05, 0.1) is 5.41 Å². The summed E-state index contributed by atoms with van der Waals surface area (Å²) in [4.78, 5) is 24.2. The largest absolute Gasteiger partial charge is 0.481 e. The SMILES string of the molecule is Cc1ccsc1[C@@H]1C[C@H]1C(=O)NCC(C)(C)C(=O)O. The Kier molecular flexibility index (Phi) is 3.67. The highest BCUT2D eigenvalue weighted by molar-refractivity contribution is 7.10. The van der Waals surface area contributed by atoms with E-state index < -0.39 is 11.4 Å². The number of carbonyl (C=O) groups excluding carboxylic acids is 1. The van der Waals surface area contributed by atoms with Crippen molar-refractivity contribution in [3.05, 3.63) is 21.9 Å². The van der Waals surface area contributed by atoms with Gasteiger partial charge in [-0.05, 0) is 44.2 Å². The van der Waals surface area contributed by atoms with E-state index in [1.807, 2.05) is 5.38 Å². The summed E-state index contributed by atoms with van der Waals surface area (Å²) >= 11 is 1.70. The van der Waals surface area contributed by atoms with E-state index in [9.17, 15) is 9.59 Å². The summed E-state index contributed by atoms with van der Waals surface area (Å²) in [6.45, 7) is 5.47. The van der Waals surface area contributed by atoms with E-state index in [1.165, 1.54) is 10.4 Å². The second-order valence-electron chi connectivity index (χ2n) is 5.82. The molecule has 2 rings (SSSR count). The van der Waals surface area contributed by atoms with Gasteiger partial charge in [-0.2, -0.15) is 0 Å². The number of hydrogen-bond acceptors (Lipinski definition) is 3. The Morgan fingerprint density at radius 1 is 1.53 bits per heavy atom. The number of nitrogens with one attached hydrogen (secondary N) is 1. The zero-order valence-corrected chi connectivity index (χ0v) is 12.2. The lowest BCUT2D eigenvalue weighted by Crippen LogP contribution is -2.39. The molecule has 0 radical (unpaired) electrons. The standard InChI is InChI=1S/C14H19NO3S/c1-8-4-5-19-11(8)9-6-10(9)12(16)15-7-14(2,3)13(17)18/h4-5,9-10H,6-7H2,1-3H3,(H,15,16)(H,17,18)/t9-,10-/m1/s1. The molecular weight excluding hydrogens is 262 g/mol. The normalized spacial score (nSPS) is 22.1. The van der Waals surface area contributed by atoms with Crippen LogP contribution in [0.5, 0.6) is 0 Å². The quantitative estimate of drug-likeness (QED) is 0.871. The van der Waals surface area contributed by atoms with Crippen LogP contribution < -0.4 is 5.32 Å². The van der Waals surface area contributed by atoms with Crippen LogP contribution in [0.25, 0.3) is 0 Å². The molecule has 0 saturated heterocycles. The Bertz CT molecular complexity index is 507. The van der Waals surface area contributed by atoms with Crippen LogP contribution in [0.3, 0.4) is 0 Å². The first kappa shape index (κ1) is 14.1. The molecular formula is C14H19NO3S. The minimum atomic E-state index is -0.918. The molecule has 2 N–H and O–H groups in total. The highest BCUT2D eigenvalue weighted by atomic mass is 32.1. The third-order valence-electron chi connectivity index (χ3n) is 3.65. The van der Waals surface area contributed by atoms with Gasteiger partial charge < -0.3 is 10.4 Å². The fourth-order valence-electron chi connectivity index (χ4n) is 2.05. The van der Waals surface area contributed by atoms with E-state index in [1.54, 1.807) is 25.2 Å². The summed E-state index contributed by atoms with van der Waals surface area (Å²) < 4.78 is 0. The number of rotatable bonds is 5. The minimum absolute atomic E-state index is 0.0157. The van der Waals surface area contributed by atoms with Crippen LogP contribution in [0.4, 0.5) is 0 Å². The summed E-state index contributed by atoms with van der Waals surface area (Å²) in [6.07, 6.45) is 0.876. The van der Waals surface area contributed by atoms with Gasteiger partial charge in [0.1, 0.15) is 0 Å². The van der Waals surface area contributed by atoms with E-state index in [2.05, 4.69) is 18.3 Å². The van der Waals surface area contributed by atoms with E-state index in [4.69, 9.17) is 5.11 Å². The van der Waals surface area contributed by atoms with E-state index in [-0.39, 0.29) is 18.4 Å². The molecule has 0 bridgehead atoms. The third-order valence-corrected chi connectivity index (χ3v) is 4.80. The van der Waals surface area contributed by atoms with Gasteiger partial charge >= 0.3 is 5.97 Å². The van der Waals surface area contributed by atoms with Crippen LogP contribution >= 0.6 is 11.3 Å². The number of carbonyl (C=O) groups is 2. The van der Waals surface area contributed by atoms with Crippen molar-refractivity contribution in [2.24, 2.45) is 11.3 Å². The molecule has 1 aliphatic rings. The Balaban J connectivity index is 1.87. The molecule has 1 aliphatic carbocycles. The minimum Gasteiger partial charge on any atom is -0.481 e. The van der Waals surface area contributed by atoms with Crippen LogP contribution in [0.2, 0.25) is 0 Å². The number of amides is 1. The van der Waals surface area contributed by atoms with Crippen LogP contribution in [0.15, 0.2) is 11.4 Å². The van der Waals surface area contributed by atoms with E-state index in [0.717, 1.165) is 6.42 Å². The van der Waals surface area contributed by atoms with Gasteiger partial charge in [0, 0.05) is 23.3 Å². The lowest BCUT2D eigenvalue weighted by molar-refractivity contribution is -0.146. The van der Waals surface area contributed by atoms with Crippen molar-refractivity contribution >= 4 is 23.2 Å². The topological polar surface area (TPSA) is 66.4 Å². The molecule has 1 saturated carbocycles. The number of thiophene rings is 1. The summed E-state index contributed by atoms with van der Waals surface area (Å²) in [5, 5.41) is 13.8. The van der Waals surface area contributed by atoms with Crippen LogP contribution in [0.1, 0.15) is 36.6 Å². The Morgan fingerprint density at radius 2 is 2.21 bits per heavy atom. The van der Waals surface area contributed by atoms with Gasteiger partial charge in [0.2, 0.25) is 5.91 Å². The average molecular weight is 281 g/mol. The molecule has 1 aromatic rings. The first-order valence-corrected chi connectivity index (χ1v) is 7.26. The molecule has 1 aromatic heterocycles. The Morgan fingerprint density at radius 3 is 2.74 bits per heavy atom. The van der Waals surface area contributed by atoms with Crippen molar-refractivity contribution in [2.45, 2.75) is 33.1 Å². The zero-order chi connectivity index (χ0) is 14.2. The van der Waals surface area contributed by atoms with Gasteiger partial charge in [-0.3, -0.25) is 9.59 Å². The molecule has 0 unspecified atom stereocenters. The van der Waals surface area contributed by atoms with Gasteiger partial charge in [0.25, 0.3) is 0 Å². The van der Waals surface area contributed by atoms with Crippen LogP contribution in [-0.4, -0.2) is 23.5 Å². The number of carboxylic acids is 1. The molecule has 1 amide bonds. The molecule has 19 heavy (non-hydrogen) atoms. The average Bonchev–Trinajstić information content (AvgIpc) is 3.02. The van der Waals surface area contributed by atoms with Crippen molar-refractivity contribution in [2.75, 3.05) is 6.54 Å². The van der Waals surface area contributed by atoms with Crippen molar-refractivity contribution in [3.8, 4) is 0 Å². The molecule has 104 valence electrons. The van der Waals surface area contributed by atoms with Gasteiger partial charge in [-0.15, -0.1) is 11.3 Å². The first-order chi connectivity index (χ1) is 8.83. The van der Waals surface area contributed by atoms with Crippen molar-refractivity contribution in [1.82, 2.24) is 5.32 Å². The highest BCUT2D eigenvalue weighted by Crippen LogP contribution is 2.50. The molecule has 0 aliphatic heterocycles. The predicted molar refractivity (Wildman–Crippen MR) is 74.3 cm³/mol. The number of aryl methyl sites for hydroxylation is 1. The van der Waals surface area contributed by atoms with Gasteiger partial charge in [-0.1, -0.05) is 0 Å². The number of carboxylic acid groups (broad SMARTS) is 1. The first-order valence-electron chi connectivity index (χ1n) is 6.38. The summed E-state index contributed by atoms with van der Waals surface area (Å²) in [6, 6.07) is 2.07. The lowest BCUT2D eigenvalue weighted by Gasteiger charge is -2.19. The highest BCUT2D eigenvalue weighted by Gasteiger charge is 2.45. The van der Waals surface area contributed by atoms with Gasteiger partial charge in [0.15, 0.2) is 0 Å². The van der Waals surface area contributed by atoms with Crippen LogP contribution in [-0.2, 0) is 9.59 Å². The number of aliphatic carboxylic acids is 1. The summed E-state index contributed by atoms with van der Waals surface area (Å²) in [5.74, 6) is -0.573. The van der Waals surface area contributed by atoms with Crippen LogP contribution in [0, 0.1) is 18.3 Å². The second-order valence-corrected chi connectivity index (χ2v) is 6.77. The second kappa shape index (κ2) is 4.96. The fraction of sp³-hybridized carbons (Fsp3) is 0.571. The molecule has 1 heterocycles. The molecule has 5 heteroatoms. The maximum atomic E-state index is 12.0. The van der Waals surface area contributed by atoms with Crippen molar-refractivity contribution < 1.29 is 14.7 Å². The predicted octanol–water partition coefficient (Wildman–Crippen LogP) is 2.39. The molecule has 1 fully saturated rings. The monoisotopic (exact) mass is 281 g/mol. The molecule has 0 spiro atoms. The summed E-state index contributed by atoms with van der Waals surface area (Å²) in [7, 11) is 0. The fourth-order valence-corrected chi connectivity index (χ4v) is 3.16. The van der Waals surface area contributed by atoms with E-state index in [0.29, 0.717) is 5.92 Å².